The Bertz CT molecular complexity index is 1710. The molecule has 0 aliphatic rings. The van der Waals surface area contributed by atoms with Gasteiger partial charge in [-0.2, -0.15) is 0 Å². The maximum Gasteiger partial charge on any atom is 0.472 e. The van der Waals surface area contributed by atoms with Crippen molar-refractivity contribution in [2.45, 2.75) is 386 Å². The van der Waals surface area contributed by atoms with Gasteiger partial charge in [0, 0.05) is 25.7 Å². The molecule has 0 rings (SSSR count). The number of aliphatic hydroxyl groups excluding tert-OH is 1. The van der Waals surface area contributed by atoms with Gasteiger partial charge < -0.3 is 33.8 Å². The lowest BCUT2D eigenvalue weighted by atomic mass is 10.0. The number of unbranched alkanes of at least 4 members (excludes halogenated alkanes) is 45. The van der Waals surface area contributed by atoms with Crippen molar-refractivity contribution < 1.29 is 80.2 Å². The fraction of sp³-hybridized carbons (Fsp3) is 0.943. The molecular formula is C70H136O17P2. The number of hydrogen-bond acceptors (Lipinski definition) is 15. The summed E-state index contributed by atoms with van der Waals surface area (Å²) in [5.74, 6) is -2.12. The number of carbonyl (C=O) groups excluding carboxylic acids is 4. The number of rotatable bonds is 71. The highest BCUT2D eigenvalue weighted by Crippen LogP contribution is 2.45. The second-order valence-electron chi connectivity index (χ2n) is 25.3. The first-order chi connectivity index (χ1) is 43.2. The topological polar surface area (TPSA) is 237 Å². The Kier molecular flexibility index (Phi) is 63.3. The molecule has 0 fully saturated rings. The first kappa shape index (κ1) is 87.1. The minimum atomic E-state index is -4.95. The molecule has 0 aliphatic heterocycles. The van der Waals surface area contributed by atoms with E-state index in [1.165, 1.54) is 193 Å². The van der Waals surface area contributed by atoms with Crippen LogP contribution in [0.5, 0.6) is 0 Å². The van der Waals surface area contributed by atoms with Gasteiger partial charge in [0.05, 0.1) is 26.4 Å². The average Bonchev–Trinajstić information content (AvgIpc) is 3.57. The molecule has 0 heterocycles. The highest BCUT2D eigenvalue weighted by atomic mass is 31.2. The van der Waals surface area contributed by atoms with Crippen LogP contribution in [0.2, 0.25) is 0 Å². The summed E-state index contributed by atoms with van der Waals surface area (Å²) in [6.45, 7) is 4.90. The molecule has 0 radical (unpaired) electrons. The predicted octanol–water partition coefficient (Wildman–Crippen LogP) is 20.3. The van der Waals surface area contributed by atoms with Crippen LogP contribution >= 0.6 is 15.6 Å². The normalized spacial score (nSPS) is 14.0. The molecule has 0 aliphatic carbocycles. The van der Waals surface area contributed by atoms with Crippen molar-refractivity contribution in [1.82, 2.24) is 0 Å². The molecule has 89 heavy (non-hydrogen) atoms. The van der Waals surface area contributed by atoms with Gasteiger partial charge in [0.1, 0.15) is 19.3 Å². The summed E-state index contributed by atoms with van der Waals surface area (Å²) in [7, 11) is -9.89. The standard InChI is InChI=1S/C70H136O17P2/c1-5-9-13-17-21-25-28-29-30-31-32-33-34-35-36-38-41-45-49-53-57-70(75)87-66(61-81-68(73)55-51-47-43-40-37-26-22-18-14-10-6-2)63-85-89(78,79)83-59-64(71)58-82-88(76,77)84-62-65(60-80-67(72)54-50-46-42-24-20-16-12-8-4)86-69(74)56-52-48-44-39-27-23-19-15-11-7-3/h64-66,71H,5-63H2,1-4H3,(H,76,77)(H,78,79)/t64-,65+,66+/m0/s1. The Labute approximate surface area is 543 Å². The Morgan fingerprint density at radius 2 is 0.449 bits per heavy atom. The largest absolute Gasteiger partial charge is 0.472 e. The molecule has 0 aromatic rings. The zero-order chi connectivity index (χ0) is 65.4. The summed E-state index contributed by atoms with van der Waals surface area (Å²) in [6.07, 6.45) is 52.8. The fourth-order valence-electron chi connectivity index (χ4n) is 10.7. The second kappa shape index (κ2) is 64.8. The summed E-state index contributed by atoms with van der Waals surface area (Å²) >= 11 is 0. The number of hydrogen-bond donors (Lipinski definition) is 3. The summed E-state index contributed by atoms with van der Waals surface area (Å²) < 4.78 is 68.2. The van der Waals surface area contributed by atoms with Crippen molar-refractivity contribution in [3.63, 3.8) is 0 Å². The van der Waals surface area contributed by atoms with E-state index in [-0.39, 0.29) is 25.7 Å². The van der Waals surface area contributed by atoms with Crippen LogP contribution in [0.15, 0.2) is 0 Å². The van der Waals surface area contributed by atoms with E-state index in [1.54, 1.807) is 0 Å². The third-order valence-electron chi connectivity index (χ3n) is 16.4. The quantitative estimate of drug-likeness (QED) is 0.0222. The summed E-state index contributed by atoms with van der Waals surface area (Å²) in [5, 5.41) is 10.6. The number of phosphoric acid groups is 2. The van der Waals surface area contributed by atoms with Crippen LogP contribution < -0.4 is 0 Å². The van der Waals surface area contributed by atoms with Gasteiger partial charge in [-0.1, -0.05) is 317 Å². The van der Waals surface area contributed by atoms with E-state index >= 15 is 0 Å². The number of carbonyl (C=O) groups is 4. The number of esters is 4. The average molecular weight is 1310 g/mol. The summed E-state index contributed by atoms with van der Waals surface area (Å²) in [6, 6.07) is 0. The molecule has 0 spiro atoms. The molecule has 3 N–H and O–H groups in total. The molecule has 0 saturated heterocycles. The fourth-order valence-corrected chi connectivity index (χ4v) is 12.3. The maximum atomic E-state index is 13.0. The molecule has 0 saturated carbocycles. The van der Waals surface area contributed by atoms with E-state index in [0.29, 0.717) is 25.7 Å². The first-order valence-electron chi connectivity index (χ1n) is 36.8. The van der Waals surface area contributed by atoms with Gasteiger partial charge in [0.2, 0.25) is 0 Å². The van der Waals surface area contributed by atoms with Gasteiger partial charge in [0.25, 0.3) is 0 Å². The van der Waals surface area contributed by atoms with Crippen LogP contribution in [0.3, 0.4) is 0 Å². The van der Waals surface area contributed by atoms with Gasteiger partial charge in [-0.05, 0) is 25.7 Å². The van der Waals surface area contributed by atoms with Crippen molar-refractivity contribution in [1.29, 1.82) is 0 Å². The monoisotopic (exact) mass is 1310 g/mol. The molecule has 19 heteroatoms. The van der Waals surface area contributed by atoms with Gasteiger partial charge in [-0.3, -0.25) is 37.3 Å². The second-order valence-corrected chi connectivity index (χ2v) is 28.2. The van der Waals surface area contributed by atoms with Crippen LogP contribution in [0.25, 0.3) is 0 Å². The van der Waals surface area contributed by atoms with E-state index in [2.05, 4.69) is 27.7 Å². The lowest BCUT2D eigenvalue weighted by Crippen LogP contribution is -2.30. The Balaban J connectivity index is 5.15. The van der Waals surface area contributed by atoms with E-state index in [0.717, 1.165) is 96.3 Å². The van der Waals surface area contributed by atoms with Crippen LogP contribution in [0, 0.1) is 0 Å². The van der Waals surface area contributed by atoms with E-state index in [4.69, 9.17) is 37.0 Å². The highest BCUT2D eigenvalue weighted by Gasteiger charge is 2.30. The highest BCUT2D eigenvalue weighted by molar-refractivity contribution is 7.47. The molecule has 17 nitrogen and oxygen atoms in total. The minimum Gasteiger partial charge on any atom is -0.462 e. The van der Waals surface area contributed by atoms with Gasteiger partial charge >= 0.3 is 39.5 Å². The molecular weight excluding hydrogens is 1170 g/mol. The van der Waals surface area contributed by atoms with Crippen LogP contribution in [-0.2, 0) is 65.4 Å². The minimum absolute atomic E-state index is 0.107. The third kappa shape index (κ3) is 64.6. The zero-order valence-electron chi connectivity index (χ0n) is 57.4. The van der Waals surface area contributed by atoms with Crippen molar-refractivity contribution in [2.75, 3.05) is 39.6 Å². The number of phosphoric ester groups is 2. The predicted molar refractivity (Wildman–Crippen MR) is 359 cm³/mol. The smallest absolute Gasteiger partial charge is 0.462 e. The van der Waals surface area contributed by atoms with Crippen molar-refractivity contribution in [3.8, 4) is 0 Å². The first-order valence-corrected chi connectivity index (χ1v) is 39.8. The third-order valence-corrected chi connectivity index (χ3v) is 18.3. The van der Waals surface area contributed by atoms with Gasteiger partial charge in [-0.15, -0.1) is 0 Å². The summed E-state index contributed by atoms with van der Waals surface area (Å²) in [5.41, 5.74) is 0. The van der Waals surface area contributed by atoms with E-state index in [1.807, 2.05) is 0 Å². The van der Waals surface area contributed by atoms with Crippen LogP contribution in [-0.4, -0.2) is 96.7 Å². The molecule has 0 aromatic heterocycles. The molecule has 0 amide bonds. The van der Waals surface area contributed by atoms with Crippen LogP contribution in [0.1, 0.15) is 368 Å². The molecule has 528 valence electrons. The van der Waals surface area contributed by atoms with Crippen molar-refractivity contribution in [3.05, 3.63) is 0 Å². The molecule has 0 bridgehead atoms. The zero-order valence-corrected chi connectivity index (χ0v) is 59.2. The van der Waals surface area contributed by atoms with Crippen molar-refractivity contribution >= 4 is 39.5 Å². The SMILES string of the molecule is CCCCCCCCCCCCCCCCCCCCCCC(=O)O[C@H](COC(=O)CCCCCCCCCCCCC)COP(=O)(O)OC[C@@H](O)COP(=O)(O)OC[C@@H](COC(=O)CCCCCCCCCC)OC(=O)CCCCCCCCCCCC. The lowest BCUT2D eigenvalue weighted by Gasteiger charge is -2.21. The number of ether oxygens (including phenoxy) is 4. The Hall–Kier alpha value is -1.94. The van der Waals surface area contributed by atoms with Gasteiger partial charge in [-0.25, -0.2) is 9.13 Å². The molecule has 0 aromatic carbocycles. The van der Waals surface area contributed by atoms with Gasteiger partial charge in [0.15, 0.2) is 12.2 Å². The van der Waals surface area contributed by atoms with Crippen LogP contribution in [0.4, 0.5) is 0 Å². The van der Waals surface area contributed by atoms with Crippen molar-refractivity contribution in [2.24, 2.45) is 0 Å². The maximum absolute atomic E-state index is 13.0. The Morgan fingerprint density at radius 1 is 0.270 bits per heavy atom. The molecule has 5 atom stereocenters. The Morgan fingerprint density at radius 3 is 0.663 bits per heavy atom. The molecule has 2 unspecified atom stereocenters. The van der Waals surface area contributed by atoms with E-state index in [9.17, 15) is 43.2 Å². The van der Waals surface area contributed by atoms with E-state index < -0.39 is 97.5 Å². The lowest BCUT2D eigenvalue weighted by molar-refractivity contribution is -0.161. The number of aliphatic hydroxyl groups is 1. The summed E-state index contributed by atoms with van der Waals surface area (Å²) in [4.78, 5) is 72.4.